The normalized spacial score (nSPS) is 26.6. The Labute approximate surface area is 207 Å². The summed E-state index contributed by atoms with van der Waals surface area (Å²) in [6.45, 7) is 4.63. The number of rotatable bonds is 11. The van der Waals surface area contributed by atoms with Gasteiger partial charge in [-0.05, 0) is 92.4 Å². The van der Waals surface area contributed by atoms with Crippen molar-refractivity contribution in [1.29, 1.82) is 0 Å². The molecular formula is C26H39ClN2O5. The Morgan fingerprint density at radius 1 is 1.12 bits per heavy atom. The molecular weight excluding hydrogens is 456 g/mol. The second kappa shape index (κ2) is 12.9. The second-order valence-electron chi connectivity index (χ2n) is 10.3. The number of aliphatic hydroxyl groups excluding tert-OH is 1. The summed E-state index contributed by atoms with van der Waals surface area (Å²) in [6.07, 6.45) is 8.85. The van der Waals surface area contributed by atoms with Crippen LogP contribution in [-0.2, 0) is 16.1 Å². The van der Waals surface area contributed by atoms with E-state index >= 15 is 0 Å². The predicted molar refractivity (Wildman–Crippen MR) is 132 cm³/mol. The quantitative estimate of drug-likeness (QED) is 0.348. The molecule has 5 rings (SSSR count). The number of halogens is 1. The summed E-state index contributed by atoms with van der Waals surface area (Å²) in [5.74, 6) is 1.75. The van der Waals surface area contributed by atoms with Crippen LogP contribution >= 0.6 is 11.6 Å². The largest absolute Gasteiger partial charge is 0.481 e. The maximum Gasteiger partial charge on any atom is 0.300 e. The number of amides is 1. The van der Waals surface area contributed by atoms with Gasteiger partial charge >= 0.3 is 0 Å². The lowest BCUT2D eigenvalue weighted by Crippen LogP contribution is -2.51. The minimum Gasteiger partial charge on any atom is -0.481 e. The Morgan fingerprint density at radius 2 is 1.74 bits per heavy atom. The molecule has 1 aromatic rings. The molecule has 4 aliphatic rings. The zero-order valence-corrected chi connectivity index (χ0v) is 20.9. The van der Waals surface area contributed by atoms with Gasteiger partial charge in [-0.3, -0.25) is 9.59 Å². The van der Waals surface area contributed by atoms with Crippen LogP contribution in [0.15, 0.2) is 18.2 Å². The summed E-state index contributed by atoms with van der Waals surface area (Å²) in [4.78, 5) is 21.9. The highest BCUT2D eigenvalue weighted by Gasteiger charge is 2.50. The first kappa shape index (κ1) is 26.9. The standard InChI is InChI=1S/C24H35ClN2O3.C2H4O2/c25-22-3-2-17(15-30-7-5-26-4-1-6-28)11-21(22)23(29)27-16-24-12-18-8-19(13-24)10-20(9-18)14-24;1-2(3)4/h2-3,11,18-20,26,28H,1,4-10,12-16H2,(H,27,29);1H3,(H,3,4). The Bertz CT molecular complexity index is 792. The van der Waals surface area contributed by atoms with Gasteiger partial charge in [0.15, 0.2) is 0 Å². The molecule has 1 amide bonds. The number of carbonyl (C=O) groups is 2. The molecule has 4 bridgehead atoms. The molecule has 4 aliphatic carbocycles. The first-order valence-corrected chi connectivity index (χ1v) is 12.8. The molecule has 0 unspecified atom stereocenters. The lowest BCUT2D eigenvalue weighted by molar-refractivity contribution is -0.134. The van der Waals surface area contributed by atoms with E-state index in [0.29, 0.717) is 29.2 Å². The molecule has 4 saturated carbocycles. The molecule has 0 atom stereocenters. The smallest absolute Gasteiger partial charge is 0.300 e. The van der Waals surface area contributed by atoms with Crippen molar-refractivity contribution < 1.29 is 24.5 Å². The van der Waals surface area contributed by atoms with Crippen molar-refractivity contribution in [2.75, 3.05) is 32.8 Å². The molecule has 7 nitrogen and oxygen atoms in total. The van der Waals surface area contributed by atoms with Crippen LogP contribution in [0.4, 0.5) is 0 Å². The van der Waals surface area contributed by atoms with Crippen LogP contribution in [0.1, 0.15) is 67.8 Å². The van der Waals surface area contributed by atoms with Crippen LogP contribution < -0.4 is 10.6 Å². The van der Waals surface area contributed by atoms with Crippen molar-refractivity contribution in [3.63, 3.8) is 0 Å². The van der Waals surface area contributed by atoms with Gasteiger partial charge in [0.1, 0.15) is 0 Å². The fourth-order valence-corrected chi connectivity index (χ4v) is 6.57. The van der Waals surface area contributed by atoms with Gasteiger partial charge in [0.05, 0.1) is 23.8 Å². The monoisotopic (exact) mass is 494 g/mol. The first-order valence-electron chi connectivity index (χ1n) is 12.5. The number of aliphatic hydroxyl groups is 1. The Hall–Kier alpha value is -1.67. The number of hydrogen-bond acceptors (Lipinski definition) is 5. The average Bonchev–Trinajstić information content (AvgIpc) is 2.77. The van der Waals surface area contributed by atoms with Crippen LogP contribution in [-0.4, -0.2) is 54.9 Å². The molecule has 0 heterocycles. The van der Waals surface area contributed by atoms with Gasteiger partial charge in [0.25, 0.3) is 11.9 Å². The highest BCUT2D eigenvalue weighted by Crippen LogP contribution is 2.59. The fraction of sp³-hybridized carbons (Fsp3) is 0.692. The van der Waals surface area contributed by atoms with Gasteiger partial charge in [-0.25, -0.2) is 0 Å². The van der Waals surface area contributed by atoms with Crippen LogP contribution in [0.2, 0.25) is 5.02 Å². The molecule has 0 aliphatic heterocycles. The summed E-state index contributed by atoms with van der Waals surface area (Å²) in [6, 6.07) is 5.56. The van der Waals surface area contributed by atoms with E-state index in [9.17, 15) is 4.79 Å². The van der Waals surface area contributed by atoms with E-state index in [1.165, 1.54) is 38.5 Å². The summed E-state index contributed by atoms with van der Waals surface area (Å²) < 4.78 is 5.70. The van der Waals surface area contributed by atoms with Crippen molar-refractivity contribution in [2.45, 2.75) is 58.5 Å². The molecule has 4 N–H and O–H groups in total. The highest BCUT2D eigenvalue weighted by molar-refractivity contribution is 6.33. The number of carboxylic acid groups (broad SMARTS) is 1. The summed E-state index contributed by atoms with van der Waals surface area (Å²) in [5, 5.41) is 23.1. The van der Waals surface area contributed by atoms with E-state index in [4.69, 9.17) is 31.3 Å². The summed E-state index contributed by atoms with van der Waals surface area (Å²) >= 11 is 6.35. The number of hydrogen-bond donors (Lipinski definition) is 4. The first-order chi connectivity index (χ1) is 16.3. The lowest BCUT2D eigenvalue weighted by Gasteiger charge is -2.56. The number of ether oxygens (including phenoxy) is 1. The van der Waals surface area contributed by atoms with Gasteiger partial charge in [-0.1, -0.05) is 17.7 Å². The van der Waals surface area contributed by atoms with Crippen molar-refractivity contribution in [3.05, 3.63) is 34.3 Å². The van der Waals surface area contributed by atoms with E-state index in [2.05, 4.69) is 10.6 Å². The third-order valence-electron chi connectivity index (χ3n) is 7.27. The topological polar surface area (TPSA) is 108 Å². The molecule has 0 aromatic heterocycles. The summed E-state index contributed by atoms with van der Waals surface area (Å²) in [5.41, 5.74) is 1.82. The van der Waals surface area contributed by atoms with E-state index in [1.807, 2.05) is 12.1 Å². The molecule has 0 saturated heterocycles. The Kier molecular flexibility index (Phi) is 10.2. The van der Waals surface area contributed by atoms with Crippen LogP contribution in [0.3, 0.4) is 0 Å². The number of nitrogens with one attached hydrogen (secondary N) is 2. The predicted octanol–water partition coefficient (Wildman–Crippen LogP) is 3.87. The number of carboxylic acids is 1. The van der Waals surface area contributed by atoms with Crippen molar-refractivity contribution >= 4 is 23.5 Å². The van der Waals surface area contributed by atoms with Crippen LogP contribution in [0.25, 0.3) is 0 Å². The Morgan fingerprint density at radius 3 is 2.32 bits per heavy atom. The zero-order valence-electron chi connectivity index (χ0n) is 20.2. The fourth-order valence-electron chi connectivity index (χ4n) is 6.37. The lowest BCUT2D eigenvalue weighted by atomic mass is 9.49. The maximum atomic E-state index is 12.9. The maximum absolute atomic E-state index is 12.9. The number of aliphatic carboxylic acids is 1. The minimum absolute atomic E-state index is 0.0664. The zero-order chi connectivity index (χ0) is 24.6. The minimum atomic E-state index is -0.833. The Balaban J connectivity index is 0.000000751. The van der Waals surface area contributed by atoms with E-state index < -0.39 is 5.97 Å². The van der Waals surface area contributed by atoms with Crippen LogP contribution in [0, 0.1) is 23.2 Å². The van der Waals surface area contributed by atoms with E-state index in [-0.39, 0.29) is 12.5 Å². The van der Waals surface area contributed by atoms with Gasteiger partial charge in [0, 0.05) is 26.6 Å². The van der Waals surface area contributed by atoms with E-state index in [0.717, 1.165) is 56.3 Å². The molecule has 0 spiro atoms. The van der Waals surface area contributed by atoms with Gasteiger partial charge < -0.3 is 25.6 Å². The number of benzene rings is 1. The molecule has 4 fully saturated rings. The van der Waals surface area contributed by atoms with Crippen molar-refractivity contribution in [1.82, 2.24) is 10.6 Å². The summed E-state index contributed by atoms with van der Waals surface area (Å²) in [7, 11) is 0. The van der Waals surface area contributed by atoms with Gasteiger partial charge in [-0.2, -0.15) is 0 Å². The molecule has 8 heteroatoms. The second-order valence-corrected chi connectivity index (χ2v) is 10.7. The molecule has 0 radical (unpaired) electrons. The average molecular weight is 495 g/mol. The highest BCUT2D eigenvalue weighted by atomic mass is 35.5. The van der Waals surface area contributed by atoms with Crippen molar-refractivity contribution in [2.24, 2.45) is 23.2 Å². The van der Waals surface area contributed by atoms with Gasteiger partial charge in [0.2, 0.25) is 0 Å². The molecule has 190 valence electrons. The van der Waals surface area contributed by atoms with E-state index in [1.54, 1.807) is 6.07 Å². The SMILES string of the molecule is CC(=O)O.O=C(NCC12CC3CC(CC(C3)C1)C2)c1cc(COCCNCCCO)ccc1Cl. The van der Waals surface area contributed by atoms with Crippen LogP contribution in [0.5, 0.6) is 0 Å². The third kappa shape index (κ3) is 7.94. The molecule has 34 heavy (non-hydrogen) atoms. The molecule has 1 aromatic carbocycles. The third-order valence-corrected chi connectivity index (χ3v) is 7.60. The number of carbonyl (C=O) groups excluding carboxylic acids is 1. The van der Waals surface area contributed by atoms with Gasteiger partial charge in [-0.15, -0.1) is 0 Å². The van der Waals surface area contributed by atoms with Crippen molar-refractivity contribution in [3.8, 4) is 0 Å².